The molecular formula is C19H22N6O2. The van der Waals surface area contributed by atoms with Gasteiger partial charge in [-0.05, 0) is 50.2 Å². The highest BCUT2D eigenvalue weighted by molar-refractivity contribution is 5.83. The molecule has 1 N–H and O–H groups in total. The van der Waals surface area contributed by atoms with Gasteiger partial charge in [0.25, 0.3) is 5.89 Å². The minimum Gasteiger partial charge on any atom is -0.402 e. The summed E-state index contributed by atoms with van der Waals surface area (Å²) in [5.74, 6) is 0.410. The van der Waals surface area contributed by atoms with Crippen LogP contribution in [0.5, 0.6) is 0 Å². The van der Waals surface area contributed by atoms with Gasteiger partial charge in [0, 0.05) is 25.5 Å². The van der Waals surface area contributed by atoms with Gasteiger partial charge in [-0.25, -0.2) is 4.98 Å². The first-order chi connectivity index (χ1) is 13.1. The predicted octanol–water partition coefficient (Wildman–Crippen LogP) is 2.59. The topological polar surface area (TPSA) is 88.6 Å². The molecule has 8 heteroatoms. The molecule has 1 saturated carbocycles. The molecule has 0 unspecified atom stereocenters. The number of hydrogen-bond acceptors (Lipinski definition) is 6. The zero-order valence-corrected chi connectivity index (χ0v) is 15.3. The summed E-state index contributed by atoms with van der Waals surface area (Å²) in [5, 5.41) is 11.1. The van der Waals surface area contributed by atoms with Crippen LogP contribution in [-0.2, 0) is 4.79 Å². The highest BCUT2D eigenvalue weighted by atomic mass is 16.4. The van der Waals surface area contributed by atoms with Gasteiger partial charge in [0.2, 0.25) is 5.91 Å². The first-order valence-corrected chi connectivity index (χ1v) is 9.45. The number of hydrogen-bond donors (Lipinski definition) is 1. The summed E-state index contributed by atoms with van der Waals surface area (Å²) >= 11 is 0. The van der Waals surface area contributed by atoms with E-state index in [1.807, 2.05) is 46.8 Å². The standard InChI is InChI=1S/C19H22N6O2/c1-13(17(26)24-10-7-19(5-6-19)8-11-24)20-18-23-22-16(27-18)14-12-25-9-3-2-4-15(25)21-14/h2-4,9,12-13H,5-8,10-11H2,1H3,(H,20,23)/t13-/m1/s1. The fourth-order valence-electron chi connectivity index (χ4n) is 3.82. The maximum atomic E-state index is 12.7. The Labute approximate surface area is 156 Å². The van der Waals surface area contributed by atoms with Crippen LogP contribution in [0, 0.1) is 5.41 Å². The summed E-state index contributed by atoms with van der Waals surface area (Å²) in [6.07, 6.45) is 8.66. The number of nitrogens with one attached hydrogen (secondary N) is 1. The Morgan fingerprint density at radius 3 is 2.78 bits per heavy atom. The second-order valence-electron chi connectivity index (χ2n) is 7.70. The molecule has 2 fully saturated rings. The molecule has 0 aromatic carbocycles. The van der Waals surface area contributed by atoms with Crippen LogP contribution in [0.2, 0.25) is 0 Å². The van der Waals surface area contributed by atoms with Crippen molar-refractivity contribution in [2.75, 3.05) is 18.4 Å². The zero-order valence-electron chi connectivity index (χ0n) is 15.3. The number of carbonyl (C=O) groups is 1. The molecule has 0 radical (unpaired) electrons. The van der Waals surface area contributed by atoms with Crippen molar-refractivity contribution in [1.29, 1.82) is 0 Å². The van der Waals surface area contributed by atoms with Crippen molar-refractivity contribution in [2.45, 2.75) is 38.6 Å². The highest BCUT2D eigenvalue weighted by Crippen LogP contribution is 2.53. The molecule has 1 atom stereocenters. The van der Waals surface area contributed by atoms with Gasteiger partial charge in [-0.2, -0.15) is 0 Å². The Bertz CT molecular complexity index is 946. The smallest absolute Gasteiger partial charge is 0.316 e. The number of nitrogens with zero attached hydrogens (tertiary/aromatic N) is 5. The number of aromatic nitrogens is 4. The Morgan fingerprint density at radius 1 is 1.22 bits per heavy atom. The maximum Gasteiger partial charge on any atom is 0.316 e. The van der Waals surface area contributed by atoms with Crippen molar-refractivity contribution < 1.29 is 9.21 Å². The van der Waals surface area contributed by atoms with Crippen LogP contribution in [0.1, 0.15) is 32.6 Å². The van der Waals surface area contributed by atoms with Crippen LogP contribution in [0.3, 0.4) is 0 Å². The summed E-state index contributed by atoms with van der Waals surface area (Å²) in [4.78, 5) is 19.1. The minimum atomic E-state index is -0.410. The van der Waals surface area contributed by atoms with Crippen LogP contribution in [0.15, 0.2) is 35.0 Å². The molecule has 1 spiro atoms. The molecule has 4 heterocycles. The van der Waals surface area contributed by atoms with E-state index in [2.05, 4.69) is 20.5 Å². The lowest BCUT2D eigenvalue weighted by atomic mass is 9.93. The second-order valence-corrected chi connectivity index (χ2v) is 7.70. The van der Waals surface area contributed by atoms with Crippen molar-refractivity contribution in [3.63, 3.8) is 0 Å². The SMILES string of the molecule is C[C@@H](Nc1nnc(-c2cn3ccccc3n2)o1)C(=O)N1CCC2(CC1)CC2. The van der Waals surface area contributed by atoms with Gasteiger partial charge in [-0.1, -0.05) is 11.2 Å². The van der Waals surface area contributed by atoms with Gasteiger partial charge in [0.15, 0.2) is 0 Å². The lowest BCUT2D eigenvalue weighted by Gasteiger charge is -2.33. The van der Waals surface area contributed by atoms with Crippen molar-refractivity contribution in [3.8, 4) is 11.6 Å². The lowest BCUT2D eigenvalue weighted by molar-refractivity contribution is -0.133. The number of imidazole rings is 1. The molecular weight excluding hydrogens is 344 g/mol. The van der Waals surface area contributed by atoms with E-state index in [-0.39, 0.29) is 11.9 Å². The number of rotatable bonds is 4. The quantitative estimate of drug-likeness (QED) is 0.763. The Hall–Kier alpha value is -2.90. The molecule has 5 rings (SSSR count). The van der Waals surface area contributed by atoms with Crippen LogP contribution in [0.25, 0.3) is 17.2 Å². The first kappa shape index (κ1) is 16.3. The normalized spacial score (nSPS) is 19.4. The van der Waals surface area contributed by atoms with E-state index >= 15 is 0 Å². The minimum absolute atomic E-state index is 0.0815. The largest absolute Gasteiger partial charge is 0.402 e. The van der Waals surface area contributed by atoms with Crippen molar-refractivity contribution in [1.82, 2.24) is 24.5 Å². The van der Waals surface area contributed by atoms with Crippen LogP contribution >= 0.6 is 0 Å². The van der Waals surface area contributed by atoms with Crippen molar-refractivity contribution >= 4 is 17.6 Å². The lowest BCUT2D eigenvalue weighted by Crippen LogP contribution is -2.45. The molecule has 8 nitrogen and oxygen atoms in total. The third-order valence-electron chi connectivity index (χ3n) is 5.81. The van der Waals surface area contributed by atoms with E-state index in [9.17, 15) is 4.79 Å². The summed E-state index contributed by atoms with van der Waals surface area (Å²) in [6.45, 7) is 3.53. The molecule has 1 aliphatic heterocycles. The molecule has 3 aromatic rings. The Morgan fingerprint density at radius 2 is 2.04 bits per heavy atom. The van der Waals surface area contributed by atoms with Gasteiger partial charge in [-0.15, -0.1) is 5.10 Å². The van der Waals surface area contributed by atoms with E-state index in [0.29, 0.717) is 17.0 Å². The molecule has 1 aliphatic carbocycles. The molecule has 27 heavy (non-hydrogen) atoms. The van der Waals surface area contributed by atoms with E-state index in [1.54, 1.807) is 0 Å². The first-order valence-electron chi connectivity index (χ1n) is 9.45. The Kier molecular flexibility index (Phi) is 3.66. The van der Waals surface area contributed by atoms with Gasteiger partial charge >= 0.3 is 6.01 Å². The fourth-order valence-corrected chi connectivity index (χ4v) is 3.82. The highest BCUT2D eigenvalue weighted by Gasteiger charge is 2.45. The molecule has 3 aromatic heterocycles. The van der Waals surface area contributed by atoms with E-state index in [4.69, 9.17) is 4.42 Å². The molecule has 2 aliphatic rings. The van der Waals surface area contributed by atoms with Crippen molar-refractivity contribution in [2.24, 2.45) is 5.41 Å². The number of likely N-dealkylation sites (tertiary alicyclic amines) is 1. The molecule has 140 valence electrons. The number of anilines is 1. The third kappa shape index (κ3) is 3.05. The summed E-state index contributed by atoms with van der Waals surface area (Å²) < 4.78 is 7.56. The number of pyridine rings is 1. The second kappa shape index (κ2) is 6.07. The summed E-state index contributed by atoms with van der Waals surface area (Å²) in [5.41, 5.74) is 1.97. The predicted molar refractivity (Wildman–Crippen MR) is 99.0 cm³/mol. The monoisotopic (exact) mass is 366 g/mol. The van der Waals surface area contributed by atoms with E-state index in [1.165, 1.54) is 12.8 Å². The summed E-state index contributed by atoms with van der Waals surface area (Å²) in [6, 6.07) is 5.58. The Balaban J connectivity index is 1.25. The third-order valence-corrected chi connectivity index (χ3v) is 5.81. The number of fused-ring (bicyclic) bond motifs is 1. The zero-order chi connectivity index (χ0) is 18.4. The van der Waals surface area contributed by atoms with Gasteiger partial charge in [-0.3, -0.25) is 4.79 Å². The van der Waals surface area contributed by atoms with Gasteiger partial charge in [0.1, 0.15) is 17.4 Å². The maximum absolute atomic E-state index is 12.7. The van der Waals surface area contributed by atoms with Gasteiger partial charge in [0.05, 0.1) is 0 Å². The number of amides is 1. The number of piperidine rings is 1. The van der Waals surface area contributed by atoms with Crippen LogP contribution in [0.4, 0.5) is 6.01 Å². The fraction of sp³-hybridized carbons (Fsp3) is 0.474. The molecule has 1 saturated heterocycles. The van der Waals surface area contributed by atoms with Gasteiger partial charge < -0.3 is 19.0 Å². The number of carbonyl (C=O) groups excluding carboxylic acids is 1. The average molecular weight is 366 g/mol. The molecule has 0 bridgehead atoms. The summed E-state index contributed by atoms with van der Waals surface area (Å²) in [7, 11) is 0. The van der Waals surface area contributed by atoms with E-state index < -0.39 is 6.04 Å². The molecule has 1 amide bonds. The van der Waals surface area contributed by atoms with E-state index in [0.717, 1.165) is 31.6 Å². The average Bonchev–Trinajstić information content (AvgIpc) is 3.10. The van der Waals surface area contributed by atoms with Crippen LogP contribution in [-0.4, -0.2) is 49.5 Å². The van der Waals surface area contributed by atoms with Crippen molar-refractivity contribution in [3.05, 3.63) is 30.6 Å². The van der Waals surface area contributed by atoms with Crippen LogP contribution < -0.4 is 5.32 Å².